The summed E-state index contributed by atoms with van der Waals surface area (Å²) in [5, 5.41) is 17.6. The quantitative estimate of drug-likeness (QED) is 0.0566. The highest BCUT2D eigenvalue weighted by Crippen LogP contribution is 2.23. The molecule has 0 spiro atoms. The molecule has 12 heteroatoms. The molecule has 10 nitrogen and oxygen atoms in total. The average Bonchev–Trinajstić information content (AvgIpc) is 3.14. The highest BCUT2D eigenvalue weighted by Gasteiger charge is 2.17. The zero-order valence-corrected chi connectivity index (χ0v) is 29.0. The Morgan fingerprint density at radius 2 is 0.902 bits per heavy atom. The van der Waals surface area contributed by atoms with Gasteiger partial charge in [-0.2, -0.15) is 0 Å². The van der Waals surface area contributed by atoms with Crippen molar-refractivity contribution in [2.45, 2.75) is 28.4 Å². The predicted molar refractivity (Wildman–Crippen MR) is 194 cm³/mol. The number of benzene rings is 4. The predicted octanol–water partition coefficient (Wildman–Crippen LogP) is 6.72. The summed E-state index contributed by atoms with van der Waals surface area (Å²) in [4.78, 5) is 47.9. The fraction of sp³-hybridized carbons (Fsp3) is 0.179. The lowest BCUT2D eigenvalue weighted by Crippen LogP contribution is -2.27. The average molecular weight is 729 g/mol. The van der Waals surface area contributed by atoms with Gasteiger partial charge < -0.3 is 29.2 Å². The number of carboxylic acid groups (broad SMARTS) is 2. The number of carbonyl (C=O) groups is 4. The zero-order chi connectivity index (χ0) is 36.3. The molecule has 4 aromatic carbocycles. The molecule has 0 aliphatic heterocycles. The Kier molecular flexibility index (Phi) is 15.7. The van der Waals surface area contributed by atoms with Gasteiger partial charge in [-0.15, -0.1) is 23.5 Å². The molecule has 0 bridgehead atoms. The molecule has 0 heterocycles. The van der Waals surface area contributed by atoms with Crippen LogP contribution in [0.3, 0.4) is 0 Å². The maximum Gasteiger partial charge on any atom is 0.331 e. The van der Waals surface area contributed by atoms with E-state index in [0.29, 0.717) is 29.4 Å². The summed E-state index contributed by atoms with van der Waals surface area (Å²) in [5.41, 5.74) is 2.08. The van der Waals surface area contributed by atoms with Crippen molar-refractivity contribution in [1.82, 2.24) is 0 Å². The monoisotopic (exact) mass is 728 g/mol. The van der Waals surface area contributed by atoms with E-state index in [2.05, 4.69) is 0 Å². The van der Waals surface area contributed by atoms with Crippen LogP contribution in [0.1, 0.15) is 11.1 Å². The van der Waals surface area contributed by atoms with Gasteiger partial charge in [0.15, 0.2) is 0 Å². The van der Waals surface area contributed by atoms with Crippen molar-refractivity contribution >= 4 is 47.4 Å². The maximum absolute atomic E-state index is 12.2. The summed E-state index contributed by atoms with van der Waals surface area (Å²) in [6.07, 6.45) is 2.62. The minimum Gasteiger partial charge on any atom is -0.490 e. The third-order valence-corrected chi connectivity index (χ3v) is 9.06. The van der Waals surface area contributed by atoms with Crippen molar-refractivity contribution in [3.05, 3.63) is 145 Å². The molecule has 0 aliphatic rings. The minimum absolute atomic E-state index is 0.0807. The summed E-state index contributed by atoms with van der Waals surface area (Å²) in [6.45, 7) is 0.161. The summed E-state index contributed by atoms with van der Waals surface area (Å²) in [7, 11) is 0. The van der Waals surface area contributed by atoms with Crippen LogP contribution in [0, 0.1) is 0 Å². The summed E-state index contributed by atoms with van der Waals surface area (Å²) < 4.78 is 22.8. The number of carboxylic acids is 2. The second kappa shape index (κ2) is 20.9. The standard InChI is InChI=1S/C39H36O10S2/c40-36(41)19-21-38(44)48-32(26-50-34-7-3-1-4-8-34)24-46-30-15-11-28(12-16-30)23-29-13-17-31(18-14-29)47-25-33(49-39(45)22-20-37(42)43)27-51-35-9-5-2-6-10-35/h1-22,32-33H,23-27H2,(H,40,41)(H,42,43). The van der Waals surface area contributed by atoms with Crippen LogP contribution < -0.4 is 9.47 Å². The molecule has 51 heavy (non-hydrogen) atoms. The van der Waals surface area contributed by atoms with E-state index >= 15 is 0 Å². The van der Waals surface area contributed by atoms with Crippen molar-refractivity contribution in [2.24, 2.45) is 0 Å². The number of carbonyl (C=O) groups excluding carboxylic acids is 2. The number of rotatable bonds is 20. The molecule has 2 N–H and O–H groups in total. The first-order valence-electron chi connectivity index (χ1n) is 15.7. The second-order valence-electron chi connectivity index (χ2n) is 10.8. The molecule has 0 saturated heterocycles. The Bertz CT molecular complexity index is 1630. The summed E-state index contributed by atoms with van der Waals surface area (Å²) >= 11 is 2.99. The van der Waals surface area contributed by atoms with E-state index in [-0.39, 0.29) is 13.2 Å². The molecule has 0 saturated carbocycles. The smallest absolute Gasteiger partial charge is 0.331 e. The lowest BCUT2D eigenvalue weighted by Gasteiger charge is -2.18. The Hall–Kier alpha value is -5.46. The number of aliphatic carboxylic acids is 2. The lowest BCUT2D eigenvalue weighted by molar-refractivity contribution is -0.144. The Morgan fingerprint density at radius 1 is 0.529 bits per heavy atom. The Balaban J connectivity index is 1.28. The first-order valence-corrected chi connectivity index (χ1v) is 17.7. The van der Waals surface area contributed by atoms with Gasteiger partial charge >= 0.3 is 23.9 Å². The molecule has 0 radical (unpaired) electrons. The SMILES string of the molecule is O=C(O)C=CC(=O)OC(COc1ccc(Cc2ccc(OCC(CSc3ccccc3)OC(=O)C=CC(=O)O)cc2)cc1)CSc1ccccc1. The van der Waals surface area contributed by atoms with Gasteiger partial charge in [0, 0.05) is 45.6 Å². The minimum atomic E-state index is -1.24. The van der Waals surface area contributed by atoms with Crippen LogP contribution in [0.4, 0.5) is 0 Å². The molecular weight excluding hydrogens is 693 g/mol. The van der Waals surface area contributed by atoms with Gasteiger partial charge in [0.05, 0.1) is 0 Å². The van der Waals surface area contributed by atoms with Crippen LogP contribution in [-0.2, 0) is 35.1 Å². The van der Waals surface area contributed by atoms with E-state index in [0.717, 1.165) is 45.2 Å². The van der Waals surface area contributed by atoms with Crippen LogP contribution in [0.15, 0.2) is 143 Å². The molecule has 2 atom stereocenters. The van der Waals surface area contributed by atoms with Gasteiger partial charge in [-0.1, -0.05) is 60.7 Å². The van der Waals surface area contributed by atoms with Crippen molar-refractivity contribution in [3.63, 3.8) is 0 Å². The van der Waals surface area contributed by atoms with Gasteiger partial charge in [0.25, 0.3) is 0 Å². The van der Waals surface area contributed by atoms with Crippen LogP contribution in [-0.4, -0.2) is 71.0 Å². The lowest BCUT2D eigenvalue weighted by atomic mass is 10.0. The third-order valence-electron chi connectivity index (χ3n) is 6.77. The second-order valence-corrected chi connectivity index (χ2v) is 13.0. The van der Waals surface area contributed by atoms with E-state index in [1.165, 1.54) is 23.5 Å². The zero-order valence-electron chi connectivity index (χ0n) is 27.4. The molecule has 4 aromatic rings. The van der Waals surface area contributed by atoms with Gasteiger partial charge in [-0.3, -0.25) is 0 Å². The first kappa shape index (κ1) is 38.3. The molecule has 4 rings (SSSR count). The van der Waals surface area contributed by atoms with Crippen LogP contribution in [0.2, 0.25) is 0 Å². The highest BCUT2D eigenvalue weighted by atomic mass is 32.2. The fourth-order valence-corrected chi connectivity index (χ4v) is 6.14. The molecule has 0 amide bonds. The Labute approximate surface area is 304 Å². The van der Waals surface area contributed by atoms with Gasteiger partial charge in [0.2, 0.25) is 0 Å². The van der Waals surface area contributed by atoms with E-state index < -0.39 is 36.1 Å². The highest BCUT2D eigenvalue weighted by molar-refractivity contribution is 7.99. The number of ether oxygens (including phenoxy) is 4. The van der Waals surface area contributed by atoms with Crippen molar-refractivity contribution in [2.75, 3.05) is 24.7 Å². The molecule has 0 aliphatic carbocycles. The molecule has 2 unspecified atom stereocenters. The third kappa shape index (κ3) is 15.3. The van der Waals surface area contributed by atoms with E-state index in [9.17, 15) is 19.2 Å². The topological polar surface area (TPSA) is 146 Å². The normalized spacial score (nSPS) is 12.2. The van der Waals surface area contributed by atoms with Gasteiger partial charge in [-0.25, -0.2) is 19.2 Å². The Morgan fingerprint density at radius 3 is 1.25 bits per heavy atom. The molecule has 0 fully saturated rings. The van der Waals surface area contributed by atoms with Crippen molar-refractivity contribution in [3.8, 4) is 11.5 Å². The molecular formula is C39H36O10S2. The van der Waals surface area contributed by atoms with Crippen molar-refractivity contribution < 1.29 is 48.3 Å². The maximum atomic E-state index is 12.2. The van der Waals surface area contributed by atoms with Crippen molar-refractivity contribution in [1.29, 1.82) is 0 Å². The number of hydrogen-bond acceptors (Lipinski definition) is 10. The summed E-state index contributed by atoms with van der Waals surface area (Å²) in [5.74, 6) is -1.99. The summed E-state index contributed by atoms with van der Waals surface area (Å²) in [6, 6.07) is 34.4. The fourth-order valence-electron chi connectivity index (χ4n) is 4.35. The van der Waals surface area contributed by atoms with Gasteiger partial charge in [-0.05, 0) is 66.1 Å². The van der Waals surface area contributed by atoms with Crippen LogP contribution >= 0.6 is 23.5 Å². The largest absolute Gasteiger partial charge is 0.490 e. The van der Waals surface area contributed by atoms with E-state index in [4.69, 9.17) is 29.2 Å². The number of esters is 2. The van der Waals surface area contributed by atoms with E-state index in [1.54, 1.807) is 0 Å². The number of thioether (sulfide) groups is 2. The first-order chi connectivity index (χ1) is 24.7. The van der Waals surface area contributed by atoms with Crippen LogP contribution in [0.25, 0.3) is 0 Å². The van der Waals surface area contributed by atoms with E-state index in [1.807, 2.05) is 109 Å². The molecule has 264 valence electrons. The van der Waals surface area contributed by atoms with Crippen LogP contribution in [0.5, 0.6) is 11.5 Å². The van der Waals surface area contributed by atoms with Gasteiger partial charge in [0.1, 0.15) is 36.9 Å². The molecule has 0 aromatic heterocycles. The number of hydrogen-bond donors (Lipinski definition) is 2.